The maximum atomic E-state index is 12.4. The summed E-state index contributed by atoms with van der Waals surface area (Å²) in [6, 6.07) is 0.0545. The van der Waals surface area contributed by atoms with Crippen LogP contribution < -0.4 is 5.32 Å². The molecule has 2 aliphatic rings. The molecule has 1 N–H and O–H groups in total. The lowest BCUT2D eigenvalue weighted by atomic mass is 10.0. The summed E-state index contributed by atoms with van der Waals surface area (Å²) in [5.41, 5.74) is 3.33. The van der Waals surface area contributed by atoms with Gasteiger partial charge < -0.3 is 5.32 Å². The minimum atomic E-state index is 0.0545. The van der Waals surface area contributed by atoms with Gasteiger partial charge in [-0.2, -0.15) is 5.10 Å². The van der Waals surface area contributed by atoms with E-state index in [4.69, 9.17) is 0 Å². The molecule has 3 rings (SSSR count). The SMILES string of the molecule is Cc1nn(C)c(C)c1[C@H](C)NC(=O)C1[C@@H]2CCCC[C@@H]12. The lowest BCUT2D eigenvalue weighted by Gasteiger charge is -2.15. The Morgan fingerprint density at radius 1 is 1.30 bits per heavy atom. The van der Waals surface area contributed by atoms with Gasteiger partial charge in [-0.15, -0.1) is 0 Å². The lowest BCUT2D eigenvalue weighted by molar-refractivity contribution is -0.123. The molecule has 2 saturated carbocycles. The molecule has 1 aromatic heterocycles. The highest BCUT2D eigenvalue weighted by atomic mass is 16.2. The number of carbonyl (C=O) groups excluding carboxylic acids is 1. The molecule has 0 spiro atoms. The normalized spacial score (nSPS) is 29.7. The van der Waals surface area contributed by atoms with Crippen LogP contribution in [-0.4, -0.2) is 15.7 Å². The van der Waals surface area contributed by atoms with Crippen molar-refractivity contribution in [3.8, 4) is 0 Å². The minimum absolute atomic E-state index is 0.0545. The molecule has 1 aromatic rings. The number of nitrogens with one attached hydrogen (secondary N) is 1. The van der Waals surface area contributed by atoms with Crippen molar-refractivity contribution < 1.29 is 4.79 Å². The highest BCUT2D eigenvalue weighted by molar-refractivity contribution is 5.82. The molecule has 1 heterocycles. The van der Waals surface area contributed by atoms with Crippen LogP contribution in [0.3, 0.4) is 0 Å². The Morgan fingerprint density at radius 2 is 1.90 bits per heavy atom. The van der Waals surface area contributed by atoms with E-state index in [0.717, 1.165) is 11.4 Å². The van der Waals surface area contributed by atoms with Gasteiger partial charge in [-0.1, -0.05) is 12.8 Å². The van der Waals surface area contributed by atoms with Crippen LogP contribution in [0.2, 0.25) is 0 Å². The van der Waals surface area contributed by atoms with E-state index in [1.54, 1.807) is 0 Å². The number of rotatable bonds is 3. The Kier molecular flexibility index (Phi) is 3.35. The number of nitrogens with zero attached hydrogens (tertiary/aromatic N) is 2. The number of hydrogen-bond acceptors (Lipinski definition) is 2. The molecule has 110 valence electrons. The molecule has 2 fully saturated rings. The fourth-order valence-electron chi connectivity index (χ4n) is 4.18. The molecule has 4 nitrogen and oxygen atoms in total. The lowest BCUT2D eigenvalue weighted by Crippen LogP contribution is -2.29. The number of carbonyl (C=O) groups is 1. The molecule has 4 heteroatoms. The summed E-state index contributed by atoms with van der Waals surface area (Å²) in [6.07, 6.45) is 5.12. The summed E-state index contributed by atoms with van der Waals surface area (Å²) in [7, 11) is 1.95. The van der Waals surface area contributed by atoms with Crippen LogP contribution in [0.25, 0.3) is 0 Å². The third-order valence-corrected chi connectivity index (χ3v) is 5.32. The number of hydrogen-bond donors (Lipinski definition) is 1. The zero-order valence-corrected chi connectivity index (χ0v) is 12.9. The quantitative estimate of drug-likeness (QED) is 0.922. The van der Waals surface area contributed by atoms with Crippen LogP contribution in [0, 0.1) is 31.6 Å². The zero-order valence-electron chi connectivity index (χ0n) is 12.9. The van der Waals surface area contributed by atoms with Gasteiger partial charge in [-0.3, -0.25) is 9.48 Å². The van der Waals surface area contributed by atoms with E-state index in [1.165, 1.54) is 31.2 Å². The van der Waals surface area contributed by atoms with Crippen molar-refractivity contribution >= 4 is 5.91 Å². The number of aromatic nitrogens is 2. The summed E-state index contributed by atoms with van der Waals surface area (Å²) in [5.74, 6) is 1.90. The fourth-order valence-corrected chi connectivity index (χ4v) is 4.18. The van der Waals surface area contributed by atoms with Gasteiger partial charge in [0.15, 0.2) is 0 Å². The van der Waals surface area contributed by atoms with Crippen molar-refractivity contribution in [2.75, 3.05) is 0 Å². The fraction of sp³-hybridized carbons (Fsp3) is 0.750. The van der Waals surface area contributed by atoms with Crippen molar-refractivity contribution in [3.05, 3.63) is 17.0 Å². The van der Waals surface area contributed by atoms with Gasteiger partial charge in [-0.05, 0) is 45.4 Å². The third-order valence-electron chi connectivity index (χ3n) is 5.32. The average molecular weight is 275 g/mol. The monoisotopic (exact) mass is 275 g/mol. The Labute approximate surface area is 120 Å². The molecular weight excluding hydrogens is 250 g/mol. The van der Waals surface area contributed by atoms with E-state index >= 15 is 0 Å². The van der Waals surface area contributed by atoms with Crippen LogP contribution in [0.15, 0.2) is 0 Å². The molecule has 3 atom stereocenters. The highest BCUT2D eigenvalue weighted by Gasteiger charge is 2.54. The second kappa shape index (κ2) is 4.90. The van der Waals surface area contributed by atoms with Crippen molar-refractivity contribution in [3.63, 3.8) is 0 Å². The van der Waals surface area contributed by atoms with Crippen LogP contribution >= 0.6 is 0 Å². The predicted octanol–water partition coefficient (Wildman–Crippen LogP) is 2.65. The molecule has 1 amide bonds. The van der Waals surface area contributed by atoms with E-state index in [1.807, 2.05) is 18.7 Å². The summed E-state index contributed by atoms with van der Waals surface area (Å²) in [6.45, 7) is 6.15. The maximum absolute atomic E-state index is 12.4. The van der Waals surface area contributed by atoms with Gasteiger partial charge in [0, 0.05) is 24.2 Å². The second-order valence-electron chi connectivity index (χ2n) is 6.58. The summed E-state index contributed by atoms with van der Waals surface area (Å²) >= 11 is 0. The van der Waals surface area contributed by atoms with Crippen molar-refractivity contribution in [1.82, 2.24) is 15.1 Å². The van der Waals surface area contributed by atoms with Crippen LogP contribution in [-0.2, 0) is 11.8 Å². The van der Waals surface area contributed by atoms with Gasteiger partial charge in [0.1, 0.15) is 0 Å². The van der Waals surface area contributed by atoms with Gasteiger partial charge >= 0.3 is 0 Å². The zero-order chi connectivity index (χ0) is 14.4. The molecule has 20 heavy (non-hydrogen) atoms. The Morgan fingerprint density at radius 3 is 2.40 bits per heavy atom. The van der Waals surface area contributed by atoms with Crippen LogP contribution in [0.4, 0.5) is 0 Å². The Bertz CT molecular complexity index is 522. The molecule has 0 bridgehead atoms. The Balaban J connectivity index is 1.67. The van der Waals surface area contributed by atoms with Gasteiger partial charge in [-0.25, -0.2) is 0 Å². The van der Waals surface area contributed by atoms with Gasteiger partial charge in [0.2, 0.25) is 5.91 Å². The van der Waals surface area contributed by atoms with Crippen molar-refractivity contribution in [2.45, 2.75) is 52.5 Å². The summed E-state index contributed by atoms with van der Waals surface area (Å²) in [5, 5.41) is 7.65. The number of fused-ring (bicyclic) bond motifs is 1. The van der Waals surface area contributed by atoms with Crippen LogP contribution in [0.1, 0.15) is 55.6 Å². The third kappa shape index (κ3) is 2.15. The van der Waals surface area contributed by atoms with E-state index in [2.05, 4.69) is 24.3 Å². The summed E-state index contributed by atoms with van der Waals surface area (Å²) in [4.78, 5) is 12.4. The Hall–Kier alpha value is -1.32. The van der Waals surface area contributed by atoms with Gasteiger partial charge in [0.25, 0.3) is 0 Å². The van der Waals surface area contributed by atoms with Gasteiger partial charge in [0.05, 0.1) is 11.7 Å². The molecule has 0 unspecified atom stereocenters. The average Bonchev–Trinajstić information content (AvgIpc) is 3.06. The predicted molar refractivity (Wildman–Crippen MR) is 78.2 cm³/mol. The first-order valence-corrected chi connectivity index (χ1v) is 7.81. The molecule has 0 aromatic carbocycles. The molecule has 0 radical (unpaired) electrons. The first-order valence-electron chi connectivity index (χ1n) is 7.81. The molecular formula is C16H25N3O. The minimum Gasteiger partial charge on any atom is -0.349 e. The molecule has 2 aliphatic carbocycles. The number of amides is 1. The van der Waals surface area contributed by atoms with Crippen LogP contribution in [0.5, 0.6) is 0 Å². The smallest absolute Gasteiger partial charge is 0.224 e. The first-order chi connectivity index (χ1) is 9.50. The van der Waals surface area contributed by atoms with E-state index in [0.29, 0.717) is 11.8 Å². The number of aryl methyl sites for hydroxylation is 2. The molecule has 0 aliphatic heterocycles. The van der Waals surface area contributed by atoms with E-state index in [9.17, 15) is 4.79 Å². The summed E-state index contributed by atoms with van der Waals surface area (Å²) < 4.78 is 1.89. The topological polar surface area (TPSA) is 46.9 Å². The van der Waals surface area contributed by atoms with E-state index < -0.39 is 0 Å². The second-order valence-corrected chi connectivity index (χ2v) is 6.58. The maximum Gasteiger partial charge on any atom is 0.224 e. The first kappa shape index (κ1) is 13.7. The van der Waals surface area contributed by atoms with Crippen molar-refractivity contribution in [2.24, 2.45) is 24.8 Å². The standard InChI is InChI=1S/C16H25N3O/c1-9(14-10(2)18-19(4)11(14)3)17-16(20)15-12-7-5-6-8-13(12)15/h9,12-13,15H,5-8H2,1-4H3,(H,17,20)/t9-,12+,13+/m0/s1. The van der Waals surface area contributed by atoms with Crippen molar-refractivity contribution in [1.29, 1.82) is 0 Å². The largest absolute Gasteiger partial charge is 0.349 e. The highest BCUT2D eigenvalue weighted by Crippen LogP contribution is 2.55. The molecule has 0 saturated heterocycles. The van der Waals surface area contributed by atoms with E-state index in [-0.39, 0.29) is 17.9 Å².